The first-order valence-corrected chi connectivity index (χ1v) is 5.54. The maximum atomic E-state index is 9.44. The minimum absolute atomic E-state index is 0.353. The van der Waals surface area contributed by atoms with Crippen LogP contribution in [0.1, 0.15) is 27.2 Å². The Morgan fingerprint density at radius 2 is 2.14 bits per heavy atom. The molecule has 0 saturated carbocycles. The summed E-state index contributed by atoms with van der Waals surface area (Å²) in [6.45, 7) is 10.2. The van der Waals surface area contributed by atoms with Gasteiger partial charge in [0.05, 0.1) is 6.10 Å². The third-order valence-corrected chi connectivity index (χ3v) is 3.24. The van der Waals surface area contributed by atoms with Crippen molar-refractivity contribution in [3.63, 3.8) is 0 Å². The average Bonchev–Trinajstić information content (AvgIpc) is 2.51. The largest absolute Gasteiger partial charge is 0.390 e. The van der Waals surface area contributed by atoms with Crippen LogP contribution in [-0.4, -0.2) is 42.3 Å². The van der Waals surface area contributed by atoms with Crippen molar-refractivity contribution in [3.8, 4) is 0 Å². The maximum absolute atomic E-state index is 9.44. The molecule has 1 aliphatic heterocycles. The summed E-state index contributed by atoms with van der Waals surface area (Å²) in [6.07, 6.45) is 0.898. The highest BCUT2D eigenvalue weighted by Gasteiger charge is 2.31. The number of nitrogens with two attached hydrogens (primary N) is 1. The van der Waals surface area contributed by atoms with Crippen molar-refractivity contribution in [1.29, 1.82) is 0 Å². The van der Waals surface area contributed by atoms with Crippen LogP contribution < -0.4 is 5.73 Å². The molecule has 0 bridgehead atoms. The van der Waals surface area contributed by atoms with E-state index >= 15 is 0 Å². The Morgan fingerprint density at radius 1 is 1.50 bits per heavy atom. The van der Waals surface area contributed by atoms with E-state index in [1.54, 1.807) is 0 Å². The Balaban J connectivity index is 2.34. The van der Waals surface area contributed by atoms with Crippen molar-refractivity contribution < 1.29 is 5.11 Å². The van der Waals surface area contributed by atoms with E-state index in [1.165, 1.54) is 6.42 Å². The molecular formula is C11H24N2O. The fraction of sp³-hybridized carbons (Fsp3) is 1.00. The first kappa shape index (κ1) is 12.0. The van der Waals surface area contributed by atoms with E-state index in [0.717, 1.165) is 25.6 Å². The molecule has 3 N–H and O–H groups in total. The second kappa shape index (κ2) is 4.60. The molecular weight excluding hydrogens is 176 g/mol. The molecule has 0 aromatic heterocycles. The Hall–Kier alpha value is -0.120. The molecule has 1 heterocycles. The summed E-state index contributed by atoms with van der Waals surface area (Å²) in [4.78, 5) is 2.33. The third kappa shape index (κ3) is 3.23. The molecule has 2 unspecified atom stereocenters. The van der Waals surface area contributed by atoms with Crippen LogP contribution in [0.2, 0.25) is 0 Å². The quantitative estimate of drug-likeness (QED) is 0.704. The van der Waals surface area contributed by atoms with Crippen molar-refractivity contribution in [1.82, 2.24) is 4.90 Å². The molecule has 2 atom stereocenters. The second-order valence-corrected chi connectivity index (χ2v) is 5.50. The van der Waals surface area contributed by atoms with Gasteiger partial charge in [-0.1, -0.05) is 20.8 Å². The summed E-state index contributed by atoms with van der Waals surface area (Å²) in [5, 5.41) is 9.44. The number of likely N-dealkylation sites (tertiary alicyclic amines) is 1. The standard InChI is InChI=1S/C11H24N2O/c1-11(2,3)9-4-5-13(7-9)8-10(14)6-12/h9-10,14H,4-8,12H2,1-3H3. The van der Waals surface area contributed by atoms with E-state index in [2.05, 4.69) is 25.7 Å². The summed E-state index contributed by atoms with van der Waals surface area (Å²) < 4.78 is 0. The molecule has 1 saturated heterocycles. The predicted octanol–water partition coefficient (Wildman–Crippen LogP) is 0.674. The van der Waals surface area contributed by atoms with Gasteiger partial charge in [0.2, 0.25) is 0 Å². The molecule has 1 aliphatic rings. The summed E-state index contributed by atoms with van der Waals surface area (Å²) in [6, 6.07) is 0. The van der Waals surface area contributed by atoms with Crippen molar-refractivity contribution in [2.75, 3.05) is 26.2 Å². The van der Waals surface area contributed by atoms with Crippen LogP contribution in [-0.2, 0) is 0 Å². The molecule has 0 aromatic rings. The number of hydrogen-bond acceptors (Lipinski definition) is 3. The molecule has 0 aliphatic carbocycles. The topological polar surface area (TPSA) is 49.5 Å². The van der Waals surface area contributed by atoms with Crippen LogP contribution in [0, 0.1) is 11.3 Å². The van der Waals surface area contributed by atoms with Crippen LogP contribution >= 0.6 is 0 Å². The average molecular weight is 200 g/mol. The van der Waals surface area contributed by atoms with Crippen molar-refractivity contribution in [2.45, 2.75) is 33.3 Å². The van der Waals surface area contributed by atoms with Crippen LogP contribution in [0.4, 0.5) is 0 Å². The number of aliphatic hydroxyl groups is 1. The highest BCUT2D eigenvalue weighted by molar-refractivity contribution is 4.84. The highest BCUT2D eigenvalue weighted by atomic mass is 16.3. The maximum Gasteiger partial charge on any atom is 0.0789 e. The third-order valence-electron chi connectivity index (χ3n) is 3.24. The summed E-state index contributed by atoms with van der Waals surface area (Å²) >= 11 is 0. The molecule has 3 heteroatoms. The molecule has 0 spiro atoms. The molecule has 3 nitrogen and oxygen atoms in total. The fourth-order valence-corrected chi connectivity index (χ4v) is 2.08. The number of aliphatic hydroxyl groups excluding tert-OH is 1. The number of nitrogens with zero attached hydrogens (tertiary/aromatic N) is 1. The van der Waals surface area contributed by atoms with Gasteiger partial charge < -0.3 is 15.7 Å². The van der Waals surface area contributed by atoms with Gasteiger partial charge in [-0.2, -0.15) is 0 Å². The van der Waals surface area contributed by atoms with Gasteiger partial charge in [-0.25, -0.2) is 0 Å². The summed E-state index contributed by atoms with van der Waals surface area (Å²) in [5.74, 6) is 0.757. The van der Waals surface area contributed by atoms with Gasteiger partial charge in [-0.3, -0.25) is 0 Å². The van der Waals surface area contributed by atoms with Gasteiger partial charge in [0.15, 0.2) is 0 Å². The van der Waals surface area contributed by atoms with Crippen molar-refractivity contribution in [2.24, 2.45) is 17.1 Å². The van der Waals surface area contributed by atoms with Gasteiger partial charge >= 0.3 is 0 Å². The van der Waals surface area contributed by atoms with Crippen molar-refractivity contribution in [3.05, 3.63) is 0 Å². The van der Waals surface area contributed by atoms with Crippen LogP contribution in [0.3, 0.4) is 0 Å². The van der Waals surface area contributed by atoms with E-state index in [1.807, 2.05) is 0 Å². The zero-order valence-electron chi connectivity index (χ0n) is 9.66. The highest BCUT2D eigenvalue weighted by Crippen LogP contribution is 2.33. The van der Waals surface area contributed by atoms with E-state index in [-0.39, 0.29) is 6.10 Å². The van der Waals surface area contributed by atoms with Crippen LogP contribution in [0.15, 0.2) is 0 Å². The molecule has 14 heavy (non-hydrogen) atoms. The summed E-state index contributed by atoms with van der Waals surface area (Å²) in [7, 11) is 0. The lowest BCUT2D eigenvalue weighted by atomic mass is 9.80. The minimum atomic E-state index is -0.353. The van der Waals surface area contributed by atoms with Crippen LogP contribution in [0.25, 0.3) is 0 Å². The number of β-amino-alcohol motifs (C(OH)–C–C–N with tert-alkyl or cyclic N) is 1. The SMILES string of the molecule is CC(C)(C)C1CCN(CC(O)CN)C1. The normalized spacial score (nSPS) is 26.8. The molecule has 0 radical (unpaired) electrons. The molecule has 84 valence electrons. The number of rotatable bonds is 3. The van der Waals surface area contributed by atoms with E-state index < -0.39 is 0 Å². The monoisotopic (exact) mass is 200 g/mol. The first-order valence-electron chi connectivity index (χ1n) is 5.54. The van der Waals surface area contributed by atoms with Gasteiger partial charge in [0.1, 0.15) is 0 Å². The molecule has 1 fully saturated rings. The summed E-state index contributed by atoms with van der Waals surface area (Å²) in [5.41, 5.74) is 5.79. The van der Waals surface area contributed by atoms with Gasteiger partial charge in [0.25, 0.3) is 0 Å². The molecule has 1 rings (SSSR count). The first-order chi connectivity index (χ1) is 6.43. The zero-order valence-corrected chi connectivity index (χ0v) is 9.66. The number of hydrogen-bond donors (Lipinski definition) is 2. The van der Waals surface area contributed by atoms with Gasteiger partial charge in [-0.15, -0.1) is 0 Å². The fourth-order valence-electron chi connectivity index (χ4n) is 2.08. The Labute approximate surface area is 87.3 Å². The van der Waals surface area contributed by atoms with Crippen LogP contribution in [0.5, 0.6) is 0 Å². The lowest BCUT2D eigenvalue weighted by Crippen LogP contribution is -2.36. The van der Waals surface area contributed by atoms with Gasteiger partial charge in [-0.05, 0) is 24.3 Å². The minimum Gasteiger partial charge on any atom is -0.390 e. The van der Waals surface area contributed by atoms with E-state index in [4.69, 9.17) is 5.73 Å². The molecule has 0 aromatic carbocycles. The Kier molecular flexibility index (Phi) is 3.93. The predicted molar refractivity (Wildman–Crippen MR) is 59.1 cm³/mol. The van der Waals surface area contributed by atoms with Gasteiger partial charge in [0, 0.05) is 19.6 Å². The van der Waals surface area contributed by atoms with E-state index in [9.17, 15) is 5.11 Å². The zero-order chi connectivity index (χ0) is 10.8. The lowest BCUT2D eigenvalue weighted by Gasteiger charge is -2.27. The van der Waals surface area contributed by atoms with E-state index in [0.29, 0.717) is 12.0 Å². The Morgan fingerprint density at radius 3 is 2.57 bits per heavy atom. The van der Waals surface area contributed by atoms with Crippen molar-refractivity contribution >= 4 is 0 Å². The lowest BCUT2D eigenvalue weighted by molar-refractivity contribution is 0.124. The Bertz CT molecular complexity index is 177. The second-order valence-electron chi connectivity index (χ2n) is 5.50. The smallest absolute Gasteiger partial charge is 0.0789 e. The molecule has 0 amide bonds.